The number of benzene rings is 1. The summed E-state index contributed by atoms with van der Waals surface area (Å²) in [5.74, 6) is 0. The first kappa shape index (κ1) is 21.0. The number of fused-ring (bicyclic) bond motifs is 1. The summed E-state index contributed by atoms with van der Waals surface area (Å²) in [6.07, 6.45) is 1.79. The van der Waals surface area contributed by atoms with E-state index in [4.69, 9.17) is 0 Å². The molecule has 19 heavy (non-hydrogen) atoms. The van der Waals surface area contributed by atoms with E-state index in [9.17, 15) is 0 Å². The van der Waals surface area contributed by atoms with Crippen molar-refractivity contribution in [3.63, 3.8) is 0 Å². The van der Waals surface area contributed by atoms with E-state index in [-0.39, 0.29) is 55.8 Å². The van der Waals surface area contributed by atoms with Gasteiger partial charge in [-0.2, -0.15) is 0 Å². The summed E-state index contributed by atoms with van der Waals surface area (Å²) in [6, 6.07) is 14.0. The van der Waals surface area contributed by atoms with Crippen LogP contribution in [0.1, 0.15) is 0 Å². The van der Waals surface area contributed by atoms with Gasteiger partial charge in [-0.1, -0.05) is 18.2 Å². The molecule has 0 unspecified atom stereocenters. The minimum Gasteiger partial charge on any atom is -1.00 e. The fraction of sp³-hybridized carbons (Fsp3) is 0. The summed E-state index contributed by atoms with van der Waals surface area (Å²) in [5.41, 5.74) is 1.99. The molecule has 101 valence electrons. The number of aromatic nitrogens is 2. The maximum absolute atomic E-state index is 4.54. The molecule has 0 aliphatic rings. The van der Waals surface area contributed by atoms with Gasteiger partial charge in [0.2, 0.25) is 0 Å². The van der Waals surface area contributed by atoms with Gasteiger partial charge >= 0.3 is 0 Å². The van der Waals surface area contributed by atoms with E-state index in [0.29, 0.717) is 0 Å². The molecule has 7 heteroatoms. The van der Waals surface area contributed by atoms with Gasteiger partial charge in [-0.05, 0) is 24.3 Å². The number of pyridine rings is 1. The summed E-state index contributed by atoms with van der Waals surface area (Å²) < 4.78 is 1.21. The van der Waals surface area contributed by atoms with Crippen LogP contribution in [0.15, 0.2) is 48.7 Å². The predicted octanol–water partition coefficient (Wildman–Crippen LogP) is -5.63. The fourth-order valence-electron chi connectivity index (χ4n) is 1.47. The van der Waals surface area contributed by atoms with E-state index in [1.54, 1.807) is 17.5 Å². The zero-order valence-corrected chi connectivity index (χ0v) is 14.0. The number of nitrogens with zero attached hydrogens (tertiary/aromatic N) is 2. The van der Waals surface area contributed by atoms with Crippen LogP contribution in [0, 0.1) is 0 Å². The Hall–Kier alpha value is -0.286. The van der Waals surface area contributed by atoms with Crippen molar-refractivity contribution in [2.45, 2.75) is 0 Å². The molecule has 0 saturated carbocycles. The molecular weight excluding hydrogens is 362 g/mol. The summed E-state index contributed by atoms with van der Waals surface area (Å²) in [7, 11) is 0. The molecule has 3 aromatic rings. The van der Waals surface area contributed by atoms with Gasteiger partial charge in [0.25, 0.3) is 0 Å². The van der Waals surface area contributed by atoms with Crippen LogP contribution in [-0.2, 0) is 18.6 Å². The van der Waals surface area contributed by atoms with Crippen molar-refractivity contribution in [2.75, 3.05) is 0 Å². The van der Waals surface area contributed by atoms with Crippen LogP contribution < -0.4 is 37.2 Å². The number of hydrogen-bond acceptors (Lipinski definition) is 3. The topological polar surface area (TPSA) is 25.8 Å². The standard InChI is InChI=1S/C12H8N2S.3ClH.V/c1-2-7-11-9(5-1)14-12(15-11)10-6-3-4-8-13-10;;;;/h1-8H;3*1H;/p-3. The molecule has 0 spiro atoms. The van der Waals surface area contributed by atoms with Gasteiger partial charge in [0.05, 0.1) is 15.9 Å². The number of thiazole rings is 1. The molecule has 0 fully saturated rings. The number of rotatable bonds is 1. The first-order valence-electron chi connectivity index (χ1n) is 4.70. The Balaban J connectivity index is 0. The second kappa shape index (κ2) is 9.59. The fourth-order valence-corrected chi connectivity index (χ4v) is 2.41. The van der Waals surface area contributed by atoms with E-state index in [1.807, 2.05) is 36.4 Å². The van der Waals surface area contributed by atoms with E-state index in [2.05, 4.69) is 16.0 Å². The van der Waals surface area contributed by atoms with Crippen molar-refractivity contribution in [1.82, 2.24) is 9.97 Å². The van der Waals surface area contributed by atoms with Gasteiger partial charge < -0.3 is 37.2 Å². The van der Waals surface area contributed by atoms with Gasteiger partial charge in [-0.25, -0.2) is 4.98 Å². The van der Waals surface area contributed by atoms with Crippen LogP contribution >= 0.6 is 11.3 Å². The van der Waals surface area contributed by atoms with Crippen molar-refractivity contribution in [1.29, 1.82) is 0 Å². The van der Waals surface area contributed by atoms with Crippen LogP contribution in [0.2, 0.25) is 0 Å². The molecule has 0 saturated heterocycles. The normalized spacial score (nSPS) is 8.42. The number of hydrogen-bond donors (Lipinski definition) is 0. The predicted molar refractivity (Wildman–Crippen MR) is 62.9 cm³/mol. The second-order valence-corrected chi connectivity index (χ2v) is 4.23. The van der Waals surface area contributed by atoms with Crippen molar-refractivity contribution in [3.8, 4) is 10.7 Å². The smallest absolute Gasteiger partial charge is 0.143 e. The van der Waals surface area contributed by atoms with Crippen molar-refractivity contribution in [3.05, 3.63) is 48.7 Å². The van der Waals surface area contributed by atoms with E-state index >= 15 is 0 Å². The van der Waals surface area contributed by atoms with Crippen LogP contribution in [0.3, 0.4) is 0 Å². The largest absolute Gasteiger partial charge is 1.00 e. The molecule has 0 amide bonds. The summed E-state index contributed by atoms with van der Waals surface area (Å²) in [6.45, 7) is 0. The van der Waals surface area contributed by atoms with Crippen molar-refractivity contribution >= 4 is 21.6 Å². The Bertz CT molecular complexity index is 571. The number of para-hydroxylation sites is 1. The average Bonchev–Trinajstić information content (AvgIpc) is 2.74. The first-order chi connectivity index (χ1) is 7.43. The van der Waals surface area contributed by atoms with Gasteiger partial charge in [0, 0.05) is 24.8 Å². The Labute approximate surface area is 146 Å². The maximum atomic E-state index is 4.54. The molecule has 1 radical (unpaired) electrons. The molecule has 0 N–H and O–H groups in total. The minimum absolute atomic E-state index is 0. The van der Waals surface area contributed by atoms with Crippen LogP contribution in [0.4, 0.5) is 0 Å². The zero-order valence-electron chi connectivity index (χ0n) is 9.50. The molecule has 1 aromatic carbocycles. The zero-order chi connectivity index (χ0) is 10.1. The minimum atomic E-state index is 0. The third-order valence-corrected chi connectivity index (χ3v) is 3.24. The molecule has 0 atom stereocenters. The average molecular weight is 370 g/mol. The van der Waals surface area contributed by atoms with Crippen LogP contribution in [-0.4, -0.2) is 9.97 Å². The van der Waals surface area contributed by atoms with Crippen LogP contribution in [0.5, 0.6) is 0 Å². The Morgan fingerprint density at radius 3 is 2.16 bits per heavy atom. The third-order valence-electron chi connectivity index (χ3n) is 2.18. The summed E-state index contributed by atoms with van der Waals surface area (Å²) in [5, 5.41) is 0.983. The van der Waals surface area contributed by atoms with E-state index in [1.165, 1.54) is 4.70 Å². The molecule has 3 rings (SSSR count). The van der Waals surface area contributed by atoms with Crippen LogP contribution in [0.25, 0.3) is 20.9 Å². The van der Waals surface area contributed by atoms with Crippen molar-refractivity contribution in [2.24, 2.45) is 0 Å². The SMILES string of the molecule is [Cl-].[Cl-].[Cl-].[V].c1ccc(-c2nc3ccccc3s2)nc1. The van der Waals surface area contributed by atoms with Gasteiger partial charge in [0.15, 0.2) is 0 Å². The quantitative estimate of drug-likeness (QED) is 0.428. The Morgan fingerprint density at radius 1 is 0.842 bits per heavy atom. The van der Waals surface area contributed by atoms with Gasteiger partial charge in [-0.3, -0.25) is 4.98 Å². The summed E-state index contributed by atoms with van der Waals surface area (Å²) >= 11 is 1.68. The third kappa shape index (κ3) is 4.64. The molecule has 0 bridgehead atoms. The molecule has 0 aliphatic heterocycles. The molecule has 2 heterocycles. The van der Waals surface area contributed by atoms with Gasteiger partial charge in [0.1, 0.15) is 5.01 Å². The molecular formula is C12H8Cl3N2SV-3. The van der Waals surface area contributed by atoms with E-state index in [0.717, 1.165) is 16.2 Å². The molecule has 0 aliphatic carbocycles. The number of halogens is 3. The van der Waals surface area contributed by atoms with E-state index < -0.39 is 0 Å². The first-order valence-corrected chi connectivity index (χ1v) is 5.52. The molecule has 2 aromatic heterocycles. The monoisotopic (exact) mass is 368 g/mol. The second-order valence-electron chi connectivity index (χ2n) is 3.20. The van der Waals surface area contributed by atoms with Gasteiger partial charge in [-0.15, -0.1) is 11.3 Å². The summed E-state index contributed by atoms with van der Waals surface area (Å²) in [4.78, 5) is 8.83. The van der Waals surface area contributed by atoms with Crippen molar-refractivity contribution < 1.29 is 55.8 Å². The maximum Gasteiger partial charge on any atom is 0.143 e. The molecule has 2 nitrogen and oxygen atoms in total. The Morgan fingerprint density at radius 2 is 1.53 bits per heavy atom. The Kier molecular flexibility index (Phi) is 10.6.